The fraction of sp³-hybridized carbons (Fsp3) is 0.0656. The van der Waals surface area contributed by atoms with Crippen LogP contribution in [0.25, 0.3) is 121 Å². The van der Waals surface area contributed by atoms with Gasteiger partial charge in [0.15, 0.2) is 0 Å². The maximum Gasteiger partial charge on any atom is 0.252 e. The Bertz CT molecular complexity index is 4290. The number of nitriles is 1. The smallest absolute Gasteiger partial charge is 0.252 e. The van der Waals surface area contributed by atoms with E-state index in [-0.39, 0.29) is 0 Å². The molecule has 0 atom stereocenters. The van der Waals surface area contributed by atoms with Crippen LogP contribution in [0.4, 0.5) is 0 Å². The van der Waals surface area contributed by atoms with Crippen LogP contribution < -0.4 is 0 Å². The van der Waals surface area contributed by atoms with Crippen molar-refractivity contribution in [2.45, 2.75) is 26.2 Å². The summed E-state index contributed by atoms with van der Waals surface area (Å²) in [6.07, 6.45) is 0. The predicted molar refractivity (Wildman–Crippen MR) is 281 cm³/mol. The van der Waals surface area contributed by atoms with Crippen molar-refractivity contribution in [3.63, 3.8) is 0 Å². The van der Waals surface area contributed by atoms with Gasteiger partial charge in [0.1, 0.15) is 11.6 Å². The van der Waals surface area contributed by atoms with Crippen LogP contribution in [0.15, 0.2) is 199 Å². The highest BCUT2D eigenvalue weighted by atomic mass is 16.4. The van der Waals surface area contributed by atoms with Crippen LogP contribution in [0.5, 0.6) is 0 Å². The van der Waals surface area contributed by atoms with Crippen molar-refractivity contribution < 1.29 is 4.42 Å². The summed E-state index contributed by atoms with van der Waals surface area (Å²) in [5.41, 5.74) is 11.3. The summed E-state index contributed by atoms with van der Waals surface area (Å²) in [7, 11) is 0. The van der Waals surface area contributed by atoms with E-state index in [2.05, 4.69) is 239 Å². The van der Waals surface area contributed by atoms with Gasteiger partial charge < -0.3 is 22.7 Å². The molecule has 326 valence electrons. The molecule has 0 fully saturated rings. The van der Waals surface area contributed by atoms with Crippen LogP contribution in [0.2, 0.25) is 0 Å². The third-order valence-electron chi connectivity index (χ3n) is 14.0. The van der Waals surface area contributed by atoms with Crippen molar-refractivity contribution in [1.82, 2.24) is 28.5 Å². The van der Waals surface area contributed by atoms with Gasteiger partial charge in [0.05, 0.1) is 72.4 Å². The molecule has 5 aromatic heterocycles. The maximum atomic E-state index is 12.5. The topological polar surface area (TPSA) is 82.4 Å². The van der Waals surface area contributed by atoms with Crippen LogP contribution in [0.1, 0.15) is 32.2 Å². The van der Waals surface area contributed by atoms with Gasteiger partial charge in [-0.2, -0.15) is 5.26 Å². The van der Waals surface area contributed by atoms with Crippen molar-refractivity contribution in [3.05, 3.63) is 206 Å². The molecule has 0 unspecified atom stereocenters. The summed E-state index contributed by atoms with van der Waals surface area (Å²) in [6, 6.07) is 71.3. The second-order valence-electron chi connectivity index (χ2n) is 18.9. The number of nitrogens with zero attached hydrogens (tertiary/aromatic N) is 7. The number of benzene rings is 9. The van der Waals surface area contributed by atoms with Gasteiger partial charge in [-0.1, -0.05) is 166 Å². The minimum Gasteiger partial charge on any atom is -0.420 e. The highest BCUT2D eigenvalue weighted by Gasteiger charge is 2.37. The largest absolute Gasteiger partial charge is 0.420 e. The average molecular weight is 888 g/mol. The van der Waals surface area contributed by atoms with Crippen LogP contribution in [0, 0.1) is 11.3 Å². The quantitative estimate of drug-likeness (QED) is 0.172. The van der Waals surface area contributed by atoms with E-state index in [9.17, 15) is 5.26 Å². The molecule has 0 spiro atoms. The number of aromatic nitrogens is 6. The van der Waals surface area contributed by atoms with Crippen molar-refractivity contribution in [2.24, 2.45) is 0 Å². The number of hydrogen-bond acceptors (Lipinski definition) is 4. The maximum absolute atomic E-state index is 12.5. The van der Waals surface area contributed by atoms with Gasteiger partial charge in [0.2, 0.25) is 5.89 Å². The van der Waals surface area contributed by atoms with Crippen LogP contribution in [0.3, 0.4) is 0 Å². The van der Waals surface area contributed by atoms with E-state index in [1.54, 1.807) is 0 Å². The summed E-state index contributed by atoms with van der Waals surface area (Å²) in [5.74, 6) is 0.795. The molecule has 0 N–H and O–H groups in total. The van der Waals surface area contributed by atoms with E-state index in [0.717, 1.165) is 104 Å². The van der Waals surface area contributed by atoms with E-state index < -0.39 is 5.41 Å². The summed E-state index contributed by atoms with van der Waals surface area (Å²) in [6.45, 7) is 6.25. The molecule has 9 aromatic carbocycles. The molecule has 14 aromatic rings. The SMILES string of the molecule is CC(C)(C)c1nnc(-c2c(-n3c4ccccc4c4ccccc43)c(C#N)c(-n3c4ccccc4c4ccccc43)c(-n3c4ccccc4c4ccccc43)c2-n2c3ccccc3c3ccccc32)o1. The Morgan fingerprint density at radius 1 is 0.362 bits per heavy atom. The standard InChI is InChI=1S/C61H41N7O/c1-61(2,3)60-64-63-59(69-60)54-55(65-46-28-12-4-20-37(46)38-21-5-13-29-47(38)65)45(36-62)56(66-48-30-14-6-22-39(48)40-23-7-15-31-49(40)66)58(68-52-34-18-10-26-43(52)44-27-11-19-35-53(44)68)57(54)67-50-32-16-8-24-41(50)42-25-9-17-33-51(42)67/h4-35H,1-3H3. The van der Waals surface area contributed by atoms with Crippen molar-refractivity contribution >= 4 is 87.2 Å². The summed E-state index contributed by atoms with van der Waals surface area (Å²) in [5, 5.41) is 31.1. The van der Waals surface area contributed by atoms with Crippen molar-refractivity contribution in [2.75, 3.05) is 0 Å². The Labute approximate surface area is 395 Å². The molecular formula is C61H41N7O. The molecule has 0 saturated heterocycles. The lowest BCUT2D eigenvalue weighted by molar-refractivity contribution is 0.399. The minimum absolute atomic E-state index is 0.306. The minimum atomic E-state index is -0.484. The van der Waals surface area contributed by atoms with Gasteiger partial charge in [-0.3, -0.25) is 0 Å². The van der Waals surface area contributed by atoms with Gasteiger partial charge in [0, 0.05) is 48.5 Å². The number of fused-ring (bicyclic) bond motifs is 12. The molecule has 0 amide bonds. The van der Waals surface area contributed by atoms with Gasteiger partial charge in [-0.05, 0) is 48.5 Å². The van der Waals surface area contributed by atoms with E-state index in [1.807, 2.05) is 0 Å². The summed E-state index contributed by atoms with van der Waals surface area (Å²) < 4.78 is 16.5. The lowest BCUT2D eigenvalue weighted by Gasteiger charge is -2.28. The van der Waals surface area contributed by atoms with Crippen molar-refractivity contribution in [3.8, 4) is 40.3 Å². The molecule has 0 radical (unpaired) electrons. The van der Waals surface area contributed by atoms with Gasteiger partial charge in [0.25, 0.3) is 5.89 Å². The summed E-state index contributed by atoms with van der Waals surface area (Å²) in [4.78, 5) is 0. The first kappa shape index (κ1) is 39.0. The van der Waals surface area contributed by atoms with Crippen LogP contribution in [-0.2, 0) is 5.41 Å². The normalized spacial score (nSPS) is 12.3. The molecule has 0 bridgehead atoms. The lowest BCUT2D eigenvalue weighted by Crippen LogP contribution is -2.16. The van der Waals surface area contributed by atoms with E-state index in [4.69, 9.17) is 14.6 Å². The predicted octanol–water partition coefficient (Wildman–Crippen LogP) is 15.3. The molecule has 8 nitrogen and oxygen atoms in total. The zero-order valence-corrected chi connectivity index (χ0v) is 38.0. The Morgan fingerprint density at radius 3 is 0.928 bits per heavy atom. The molecule has 0 aliphatic heterocycles. The fourth-order valence-electron chi connectivity index (χ4n) is 11.2. The third kappa shape index (κ3) is 5.38. The Balaban J connectivity index is 1.37. The second-order valence-corrected chi connectivity index (χ2v) is 18.9. The van der Waals surface area contributed by atoms with Gasteiger partial charge >= 0.3 is 0 Å². The molecular weight excluding hydrogens is 847 g/mol. The van der Waals surface area contributed by atoms with E-state index in [1.165, 1.54) is 0 Å². The van der Waals surface area contributed by atoms with E-state index >= 15 is 0 Å². The first-order valence-electron chi connectivity index (χ1n) is 23.3. The lowest BCUT2D eigenvalue weighted by atomic mass is 9.97. The number of rotatable bonds is 5. The first-order valence-corrected chi connectivity index (χ1v) is 23.3. The molecule has 0 aliphatic rings. The molecule has 0 aliphatic carbocycles. The zero-order valence-electron chi connectivity index (χ0n) is 38.0. The number of hydrogen-bond donors (Lipinski definition) is 0. The average Bonchev–Trinajstić information content (AvgIpc) is 4.22. The molecule has 5 heterocycles. The second kappa shape index (κ2) is 14.4. The van der Waals surface area contributed by atoms with Gasteiger partial charge in [-0.15, -0.1) is 10.2 Å². The Morgan fingerprint density at radius 2 is 0.638 bits per heavy atom. The third-order valence-corrected chi connectivity index (χ3v) is 14.0. The molecule has 14 rings (SSSR count). The molecule has 69 heavy (non-hydrogen) atoms. The number of para-hydroxylation sites is 8. The van der Waals surface area contributed by atoms with Crippen LogP contribution >= 0.6 is 0 Å². The summed E-state index contributed by atoms with van der Waals surface area (Å²) >= 11 is 0. The fourth-order valence-corrected chi connectivity index (χ4v) is 11.2. The molecule has 8 heteroatoms. The highest BCUT2D eigenvalue weighted by molar-refractivity contribution is 6.16. The zero-order chi connectivity index (χ0) is 46.1. The Kier molecular flexibility index (Phi) is 8.15. The first-order chi connectivity index (χ1) is 33.9. The Hall–Kier alpha value is -9.19. The van der Waals surface area contributed by atoms with Gasteiger partial charge in [-0.25, -0.2) is 0 Å². The van der Waals surface area contributed by atoms with Crippen molar-refractivity contribution in [1.29, 1.82) is 5.26 Å². The monoisotopic (exact) mass is 887 g/mol. The molecule has 0 saturated carbocycles. The highest BCUT2D eigenvalue weighted by Crippen LogP contribution is 2.51. The van der Waals surface area contributed by atoms with E-state index in [0.29, 0.717) is 28.6 Å². The van der Waals surface area contributed by atoms with Crippen LogP contribution in [-0.4, -0.2) is 28.5 Å².